The second-order valence-corrected chi connectivity index (χ2v) is 4.76. The summed E-state index contributed by atoms with van der Waals surface area (Å²) >= 11 is 0. The minimum absolute atomic E-state index is 0.678. The van der Waals surface area contributed by atoms with Crippen LogP contribution in [0.25, 0.3) is 0 Å². The molecule has 1 saturated carbocycles. The Morgan fingerprint density at radius 3 is 2.31 bits per heavy atom. The van der Waals surface area contributed by atoms with Crippen molar-refractivity contribution >= 4 is 5.97 Å². The van der Waals surface area contributed by atoms with Gasteiger partial charge in [0.25, 0.3) is 0 Å². The first-order chi connectivity index (χ1) is 7.49. The van der Waals surface area contributed by atoms with Crippen LogP contribution in [-0.4, -0.2) is 20.9 Å². The maximum Gasteiger partial charge on any atom is 0.314 e. The molecule has 16 heavy (non-hydrogen) atoms. The summed E-state index contributed by atoms with van der Waals surface area (Å²) < 4.78 is 1.79. The molecule has 0 atom stereocenters. The molecule has 1 aromatic heterocycles. The van der Waals surface area contributed by atoms with Gasteiger partial charge in [0.05, 0.1) is 11.1 Å². The molecular weight excluding hydrogens is 204 g/mol. The van der Waals surface area contributed by atoms with Crippen LogP contribution >= 0.6 is 0 Å². The van der Waals surface area contributed by atoms with E-state index in [-0.39, 0.29) is 0 Å². The maximum absolute atomic E-state index is 11.6. The number of aliphatic carboxylic acids is 1. The van der Waals surface area contributed by atoms with Crippen LogP contribution in [-0.2, 0) is 17.3 Å². The molecule has 1 aliphatic rings. The van der Waals surface area contributed by atoms with Gasteiger partial charge < -0.3 is 5.11 Å². The molecule has 1 heterocycles. The number of aryl methyl sites for hydroxylation is 2. The van der Waals surface area contributed by atoms with Crippen LogP contribution < -0.4 is 0 Å². The number of hydrogen-bond donors (Lipinski definition) is 1. The molecular formula is C12H18N2O2. The summed E-state index contributed by atoms with van der Waals surface area (Å²) in [5.41, 5.74) is 2.12. The molecule has 1 aliphatic carbocycles. The van der Waals surface area contributed by atoms with Crippen molar-refractivity contribution in [2.75, 3.05) is 0 Å². The van der Waals surface area contributed by atoms with Gasteiger partial charge in [-0.1, -0.05) is 12.8 Å². The Labute approximate surface area is 95.3 Å². The fraction of sp³-hybridized carbons (Fsp3) is 0.667. The number of hydrogen-bond acceptors (Lipinski definition) is 2. The van der Waals surface area contributed by atoms with Crippen molar-refractivity contribution in [3.05, 3.63) is 17.0 Å². The smallest absolute Gasteiger partial charge is 0.314 e. The van der Waals surface area contributed by atoms with Gasteiger partial charge in [-0.2, -0.15) is 5.10 Å². The largest absolute Gasteiger partial charge is 0.481 e. The Bertz CT molecular complexity index is 428. The highest BCUT2D eigenvalue weighted by atomic mass is 16.4. The van der Waals surface area contributed by atoms with E-state index in [1.807, 2.05) is 20.9 Å². The van der Waals surface area contributed by atoms with Gasteiger partial charge in [-0.3, -0.25) is 9.48 Å². The van der Waals surface area contributed by atoms with E-state index in [1.165, 1.54) is 0 Å². The lowest BCUT2D eigenvalue weighted by Gasteiger charge is -2.24. The van der Waals surface area contributed by atoms with Crippen LogP contribution in [0.2, 0.25) is 0 Å². The standard InChI is InChI=1S/C12H18N2O2/c1-8-10(9(2)14(3)13-8)12(11(15)16)6-4-5-7-12/h4-7H2,1-3H3,(H,15,16). The Morgan fingerprint density at radius 1 is 1.38 bits per heavy atom. The number of aromatic nitrogens is 2. The zero-order chi connectivity index (χ0) is 11.9. The van der Waals surface area contributed by atoms with E-state index in [4.69, 9.17) is 0 Å². The molecule has 1 fully saturated rings. The van der Waals surface area contributed by atoms with Crippen molar-refractivity contribution in [3.63, 3.8) is 0 Å². The van der Waals surface area contributed by atoms with Crippen LogP contribution in [0.15, 0.2) is 0 Å². The number of rotatable bonds is 2. The Hall–Kier alpha value is -1.32. The summed E-state index contributed by atoms with van der Waals surface area (Å²) in [5, 5.41) is 13.9. The zero-order valence-electron chi connectivity index (χ0n) is 10.1. The third kappa shape index (κ3) is 1.36. The van der Waals surface area contributed by atoms with Crippen LogP contribution in [0.3, 0.4) is 0 Å². The highest BCUT2D eigenvalue weighted by Crippen LogP contribution is 2.43. The lowest BCUT2D eigenvalue weighted by atomic mass is 9.78. The molecule has 0 bridgehead atoms. The van der Waals surface area contributed by atoms with Crippen molar-refractivity contribution in [2.45, 2.75) is 44.9 Å². The van der Waals surface area contributed by atoms with Gasteiger partial charge in [0.2, 0.25) is 0 Å². The number of carboxylic acids is 1. The first-order valence-electron chi connectivity index (χ1n) is 5.73. The Kier molecular flexibility index (Phi) is 2.52. The molecule has 0 amide bonds. The van der Waals surface area contributed by atoms with Crippen molar-refractivity contribution in [3.8, 4) is 0 Å². The van der Waals surface area contributed by atoms with Gasteiger partial charge >= 0.3 is 5.97 Å². The zero-order valence-corrected chi connectivity index (χ0v) is 10.1. The van der Waals surface area contributed by atoms with Crippen LogP contribution in [0.1, 0.15) is 42.6 Å². The van der Waals surface area contributed by atoms with Crippen molar-refractivity contribution in [1.29, 1.82) is 0 Å². The van der Waals surface area contributed by atoms with E-state index in [0.29, 0.717) is 0 Å². The molecule has 0 aromatic carbocycles. The predicted octanol–water partition coefficient (Wildman–Crippen LogP) is 1.93. The predicted molar refractivity (Wildman–Crippen MR) is 60.5 cm³/mol. The molecule has 0 spiro atoms. The summed E-state index contributed by atoms with van der Waals surface area (Å²) in [6.45, 7) is 3.86. The SMILES string of the molecule is Cc1nn(C)c(C)c1C1(C(=O)O)CCCC1. The summed E-state index contributed by atoms with van der Waals surface area (Å²) in [5.74, 6) is -0.691. The molecule has 0 aliphatic heterocycles. The molecule has 0 saturated heterocycles. The molecule has 4 nitrogen and oxygen atoms in total. The van der Waals surface area contributed by atoms with E-state index < -0.39 is 11.4 Å². The third-order valence-corrected chi connectivity index (χ3v) is 3.85. The third-order valence-electron chi connectivity index (χ3n) is 3.85. The summed E-state index contributed by atoms with van der Waals surface area (Å²) in [4.78, 5) is 11.6. The van der Waals surface area contributed by atoms with E-state index in [1.54, 1.807) is 4.68 Å². The molecule has 1 aromatic rings. The molecule has 88 valence electrons. The van der Waals surface area contributed by atoms with E-state index in [0.717, 1.165) is 42.6 Å². The Morgan fingerprint density at radius 2 is 1.94 bits per heavy atom. The minimum atomic E-state index is -0.691. The van der Waals surface area contributed by atoms with Gasteiger partial charge in [0.1, 0.15) is 0 Å². The second kappa shape index (κ2) is 3.61. The van der Waals surface area contributed by atoms with E-state index in [9.17, 15) is 9.90 Å². The molecule has 2 rings (SSSR count). The quantitative estimate of drug-likeness (QED) is 0.831. The van der Waals surface area contributed by atoms with Gasteiger partial charge in [0, 0.05) is 18.3 Å². The molecule has 4 heteroatoms. The number of carboxylic acid groups (broad SMARTS) is 1. The molecule has 0 radical (unpaired) electrons. The first-order valence-corrected chi connectivity index (χ1v) is 5.73. The van der Waals surface area contributed by atoms with Gasteiger partial charge in [-0.15, -0.1) is 0 Å². The van der Waals surface area contributed by atoms with Crippen LogP contribution in [0.4, 0.5) is 0 Å². The summed E-state index contributed by atoms with van der Waals surface area (Å²) in [7, 11) is 1.87. The van der Waals surface area contributed by atoms with Gasteiger partial charge in [-0.25, -0.2) is 0 Å². The van der Waals surface area contributed by atoms with Crippen molar-refractivity contribution in [1.82, 2.24) is 9.78 Å². The normalized spacial score (nSPS) is 18.9. The number of nitrogens with zero attached hydrogens (tertiary/aromatic N) is 2. The van der Waals surface area contributed by atoms with Gasteiger partial charge in [-0.05, 0) is 26.7 Å². The van der Waals surface area contributed by atoms with Gasteiger partial charge in [0.15, 0.2) is 0 Å². The summed E-state index contributed by atoms with van der Waals surface area (Å²) in [6, 6.07) is 0. The Balaban J connectivity index is 2.60. The van der Waals surface area contributed by atoms with Crippen LogP contribution in [0.5, 0.6) is 0 Å². The fourth-order valence-electron chi connectivity index (χ4n) is 3.02. The van der Waals surface area contributed by atoms with Crippen molar-refractivity contribution < 1.29 is 9.90 Å². The van der Waals surface area contributed by atoms with Crippen molar-refractivity contribution in [2.24, 2.45) is 7.05 Å². The van der Waals surface area contributed by atoms with E-state index in [2.05, 4.69) is 5.10 Å². The fourth-order valence-corrected chi connectivity index (χ4v) is 3.02. The molecule has 1 N–H and O–H groups in total. The highest BCUT2D eigenvalue weighted by Gasteiger charge is 2.46. The highest BCUT2D eigenvalue weighted by molar-refractivity contribution is 5.82. The molecule has 0 unspecified atom stereocenters. The maximum atomic E-state index is 11.6. The average Bonchev–Trinajstić information content (AvgIpc) is 2.75. The minimum Gasteiger partial charge on any atom is -0.481 e. The average molecular weight is 222 g/mol. The second-order valence-electron chi connectivity index (χ2n) is 4.76. The van der Waals surface area contributed by atoms with Crippen LogP contribution in [0, 0.1) is 13.8 Å². The first kappa shape index (κ1) is 11.2. The lowest BCUT2D eigenvalue weighted by Crippen LogP contribution is -2.33. The number of carbonyl (C=O) groups is 1. The topological polar surface area (TPSA) is 55.1 Å². The van der Waals surface area contributed by atoms with E-state index >= 15 is 0 Å². The lowest BCUT2D eigenvalue weighted by molar-refractivity contribution is -0.143. The monoisotopic (exact) mass is 222 g/mol. The summed E-state index contributed by atoms with van der Waals surface area (Å²) in [6.07, 6.45) is 3.49.